The number of likely N-dealkylation sites (tertiary alicyclic amines) is 1. The molecule has 0 bridgehead atoms. The van der Waals surface area contributed by atoms with E-state index in [1.54, 1.807) is 7.11 Å². The summed E-state index contributed by atoms with van der Waals surface area (Å²) in [6.45, 7) is 9.38. The van der Waals surface area contributed by atoms with Crippen LogP contribution in [-0.4, -0.2) is 81.2 Å². The number of nitrogens with two attached hydrogens (primary N) is 1. The predicted octanol–water partition coefficient (Wildman–Crippen LogP) is 6.83. The number of pyridine rings is 1. The van der Waals surface area contributed by atoms with E-state index >= 15 is 0 Å². The minimum absolute atomic E-state index is 0.118. The van der Waals surface area contributed by atoms with E-state index < -0.39 is 12.1 Å². The van der Waals surface area contributed by atoms with Crippen LogP contribution in [0.15, 0.2) is 47.0 Å². The molecule has 54 heavy (non-hydrogen) atoms. The van der Waals surface area contributed by atoms with Crippen LogP contribution in [0.5, 0.6) is 0 Å². The molecule has 2 aromatic carbocycles. The van der Waals surface area contributed by atoms with E-state index in [0.717, 1.165) is 81.8 Å². The Morgan fingerprint density at radius 2 is 1.80 bits per heavy atom. The average molecular weight is 738 g/mol. The fourth-order valence-corrected chi connectivity index (χ4v) is 7.75. The molecule has 286 valence electrons. The Morgan fingerprint density at radius 3 is 2.52 bits per heavy atom. The van der Waals surface area contributed by atoms with E-state index in [0.29, 0.717) is 36.2 Å². The molecule has 1 fully saturated rings. The fourth-order valence-electron chi connectivity index (χ4n) is 7.75. The molecule has 4 aromatic heterocycles. The first-order valence-electron chi connectivity index (χ1n) is 18.9. The molecule has 1 unspecified atom stereocenters. The summed E-state index contributed by atoms with van der Waals surface area (Å²) in [5.41, 5.74) is 14.8. The summed E-state index contributed by atoms with van der Waals surface area (Å²) in [5, 5.41) is 4.61. The minimum atomic E-state index is -0.705. The van der Waals surface area contributed by atoms with Gasteiger partial charge in [0.05, 0.1) is 42.3 Å². The summed E-state index contributed by atoms with van der Waals surface area (Å²) in [6, 6.07) is 11.4. The molecule has 14 nitrogen and oxygen atoms in total. The van der Waals surface area contributed by atoms with Crippen LogP contribution < -0.4 is 16.5 Å². The largest absolute Gasteiger partial charge is 0.454 e. The van der Waals surface area contributed by atoms with E-state index in [4.69, 9.17) is 34.7 Å². The zero-order valence-corrected chi connectivity index (χ0v) is 31.9. The van der Waals surface area contributed by atoms with Crippen molar-refractivity contribution in [2.24, 2.45) is 17.6 Å². The number of hydrogen-bond donors (Lipinski definition) is 5. The van der Waals surface area contributed by atoms with Crippen molar-refractivity contribution in [1.82, 2.24) is 40.6 Å². The molecule has 1 aliphatic rings. The van der Waals surface area contributed by atoms with Gasteiger partial charge in [0.15, 0.2) is 5.58 Å². The number of carbonyl (C=O) groups is 2. The van der Waals surface area contributed by atoms with Crippen molar-refractivity contribution in [2.75, 3.05) is 27.3 Å². The van der Waals surface area contributed by atoms with Crippen LogP contribution in [0.4, 0.5) is 4.79 Å². The lowest BCUT2D eigenvalue weighted by atomic mass is 9.89. The molecule has 1 aliphatic heterocycles. The topological polar surface area (TPSA) is 189 Å². The number of ether oxygens (including phenoxy) is 1. The van der Waals surface area contributed by atoms with Gasteiger partial charge in [0, 0.05) is 41.0 Å². The van der Waals surface area contributed by atoms with Crippen LogP contribution in [0.2, 0.25) is 0 Å². The number of methoxy groups -OCH3 is 1. The van der Waals surface area contributed by atoms with Gasteiger partial charge < -0.3 is 39.9 Å². The summed E-state index contributed by atoms with van der Waals surface area (Å²) in [7, 11) is 2.95. The Morgan fingerprint density at radius 1 is 1.02 bits per heavy atom. The maximum Gasteiger partial charge on any atom is 0.407 e. The smallest absolute Gasteiger partial charge is 0.407 e. The highest BCUT2D eigenvalue weighted by Gasteiger charge is 2.38. The maximum atomic E-state index is 13.7. The van der Waals surface area contributed by atoms with Gasteiger partial charge >= 0.3 is 6.09 Å². The van der Waals surface area contributed by atoms with Gasteiger partial charge in [0.1, 0.15) is 29.0 Å². The second-order valence-corrected chi connectivity index (χ2v) is 15.1. The number of nitrogens with zero attached hydrogens (tertiary/aromatic N) is 4. The average Bonchev–Trinajstić information content (AvgIpc) is 3.98. The first kappa shape index (κ1) is 37.3. The van der Waals surface area contributed by atoms with Crippen LogP contribution in [0.1, 0.15) is 83.4 Å². The first-order valence-corrected chi connectivity index (χ1v) is 18.9. The molecular weight excluding hydrogens is 686 g/mol. The number of imidazole rings is 2. The lowest BCUT2D eigenvalue weighted by molar-refractivity contribution is -0.135. The number of benzene rings is 2. The summed E-state index contributed by atoms with van der Waals surface area (Å²) >= 11 is 0. The van der Waals surface area contributed by atoms with Crippen molar-refractivity contribution in [3.63, 3.8) is 0 Å². The highest BCUT2D eigenvalue weighted by molar-refractivity contribution is 6.04. The Labute approximate surface area is 313 Å². The number of furan rings is 1. The van der Waals surface area contributed by atoms with Gasteiger partial charge in [-0.15, -0.1) is 0 Å². The number of hydrogen-bond acceptors (Lipinski definition) is 10. The van der Waals surface area contributed by atoms with E-state index in [1.807, 2.05) is 49.2 Å². The second kappa shape index (κ2) is 15.7. The second-order valence-electron chi connectivity index (χ2n) is 15.1. The predicted molar refractivity (Wildman–Crippen MR) is 209 cm³/mol. The SMILES string of the molecule is CON[C@H](CC(CCCN)c1nc2ccc3cc(-c4cc5ccc6nc([C@@H]7CCCN7C(=O)[C@@H](NC(=O)OC)C(C)C)[nH]c6c5o4)cnc3c2[nH]1)C(C)C. The number of aromatic amines is 2. The Hall–Kier alpha value is -5.05. The van der Waals surface area contributed by atoms with Crippen molar-refractivity contribution in [3.8, 4) is 11.3 Å². The van der Waals surface area contributed by atoms with E-state index in [2.05, 4.69) is 46.7 Å². The number of H-pyrrole nitrogens is 2. The molecule has 4 atom stereocenters. The van der Waals surface area contributed by atoms with E-state index in [9.17, 15) is 9.59 Å². The Balaban J connectivity index is 1.17. The highest BCUT2D eigenvalue weighted by atomic mass is 16.6. The molecule has 6 N–H and O–H groups in total. The lowest BCUT2D eigenvalue weighted by Crippen LogP contribution is -2.51. The van der Waals surface area contributed by atoms with Gasteiger partial charge in [-0.2, -0.15) is 5.48 Å². The maximum absolute atomic E-state index is 13.7. The van der Waals surface area contributed by atoms with E-state index in [-0.39, 0.29) is 29.8 Å². The van der Waals surface area contributed by atoms with Crippen molar-refractivity contribution in [1.29, 1.82) is 0 Å². The third kappa shape index (κ3) is 7.25. The number of rotatable bonds is 14. The van der Waals surface area contributed by atoms with Crippen molar-refractivity contribution in [2.45, 2.75) is 83.8 Å². The van der Waals surface area contributed by atoms with Gasteiger partial charge in [-0.3, -0.25) is 9.78 Å². The molecular formula is C40H51N9O5. The third-order valence-corrected chi connectivity index (χ3v) is 10.8. The first-order chi connectivity index (χ1) is 26.1. The van der Waals surface area contributed by atoms with Gasteiger partial charge in [-0.05, 0) is 80.8 Å². The molecule has 2 amide bonds. The van der Waals surface area contributed by atoms with Crippen molar-refractivity contribution < 1.29 is 23.6 Å². The quantitative estimate of drug-likeness (QED) is 0.0741. The third-order valence-electron chi connectivity index (χ3n) is 10.8. The molecule has 7 rings (SSSR count). The summed E-state index contributed by atoms with van der Waals surface area (Å²) in [6.07, 6.45) is 5.49. The van der Waals surface area contributed by atoms with Crippen molar-refractivity contribution >= 4 is 55.9 Å². The standard InChI is InChI=1S/C40H51N9O5/c1-21(2)29(48-53-6)18-25(9-7-15-41)37-43-27-13-11-23-17-26(20-42-33(23)34(27)45-37)31-19-24-12-14-28-35(36(24)54-31)46-38(44-28)30-10-8-16-49(30)39(50)32(22(3)4)47-40(51)52-5/h11-14,17,19-22,25,29-30,32,48H,7-10,15-16,18,41H2,1-6H3,(H,43,45)(H,44,46)(H,47,51)/t25?,29-,30+,32+/m1/s1. The van der Waals surface area contributed by atoms with Crippen LogP contribution >= 0.6 is 0 Å². The van der Waals surface area contributed by atoms with Crippen LogP contribution in [0.3, 0.4) is 0 Å². The normalized spacial score (nSPS) is 16.7. The molecule has 0 spiro atoms. The van der Waals surface area contributed by atoms with Crippen LogP contribution in [0.25, 0.3) is 55.3 Å². The monoisotopic (exact) mass is 737 g/mol. The molecule has 5 heterocycles. The zero-order chi connectivity index (χ0) is 38.1. The molecule has 14 heteroatoms. The molecule has 1 saturated heterocycles. The zero-order valence-electron chi connectivity index (χ0n) is 31.9. The Bertz CT molecular complexity index is 2270. The number of fused-ring (bicyclic) bond motifs is 6. The fraction of sp³-hybridized carbons (Fsp3) is 0.475. The summed E-state index contributed by atoms with van der Waals surface area (Å²) < 4.78 is 11.3. The molecule has 0 radical (unpaired) electrons. The van der Waals surface area contributed by atoms with Gasteiger partial charge in [0.2, 0.25) is 5.91 Å². The highest BCUT2D eigenvalue weighted by Crippen LogP contribution is 2.37. The molecule has 6 aromatic rings. The number of aromatic nitrogens is 5. The van der Waals surface area contributed by atoms with Gasteiger partial charge in [0.25, 0.3) is 0 Å². The number of carbonyl (C=O) groups excluding carboxylic acids is 2. The number of nitrogens with one attached hydrogen (secondary N) is 4. The number of amides is 2. The Kier molecular flexibility index (Phi) is 10.9. The lowest BCUT2D eigenvalue weighted by Gasteiger charge is -2.29. The number of alkyl carbamates (subject to hydrolysis) is 1. The molecule has 0 aliphatic carbocycles. The minimum Gasteiger partial charge on any atom is -0.454 e. The number of hydroxylamine groups is 1. The summed E-state index contributed by atoms with van der Waals surface area (Å²) in [4.78, 5) is 54.8. The summed E-state index contributed by atoms with van der Waals surface area (Å²) in [5.74, 6) is 2.61. The van der Waals surface area contributed by atoms with Gasteiger partial charge in [-0.25, -0.2) is 14.8 Å². The van der Waals surface area contributed by atoms with Crippen LogP contribution in [-0.2, 0) is 14.4 Å². The van der Waals surface area contributed by atoms with Gasteiger partial charge in [-0.1, -0.05) is 33.8 Å². The van der Waals surface area contributed by atoms with Crippen LogP contribution in [0, 0.1) is 11.8 Å². The molecule has 0 saturated carbocycles. The van der Waals surface area contributed by atoms with Crippen molar-refractivity contribution in [3.05, 3.63) is 54.2 Å². The van der Waals surface area contributed by atoms with E-state index in [1.165, 1.54) is 7.11 Å².